The monoisotopic (exact) mass is 328 g/mol. The fraction of sp³-hybridized carbons (Fsp3) is 0.533. The lowest BCUT2D eigenvalue weighted by Gasteiger charge is -2.44. The summed E-state index contributed by atoms with van der Waals surface area (Å²) < 4.78 is 42.5. The Morgan fingerprint density at radius 3 is 2.45 bits per heavy atom. The summed E-state index contributed by atoms with van der Waals surface area (Å²) in [4.78, 5) is 4.37. The SMILES string of the molecule is CO[C@@H]1CC(C)(S(C)(=O)=O)C(N)=N[C@]1(C)c1ccccc1F. The summed E-state index contributed by atoms with van der Waals surface area (Å²) >= 11 is 0. The van der Waals surface area contributed by atoms with Gasteiger partial charge in [-0.25, -0.2) is 12.8 Å². The number of hydrogen-bond donors (Lipinski definition) is 1. The molecule has 122 valence electrons. The van der Waals surface area contributed by atoms with Gasteiger partial charge in [-0.15, -0.1) is 0 Å². The van der Waals surface area contributed by atoms with E-state index in [0.717, 1.165) is 6.26 Å². The van der Waals surface area contributed by atoms with Gasteiger partial charge in [0.25, 0.3) is 0 Å². The maximum atomic E-state index is 14.2. The predicted molar refractivity (Wildman–Crippen MR) is 84.0 cm³/mol. The molecule has 2 rings (SSSR count). The van der Waals surface area contributed by atoms with Crippen molar-refractivity contribution in [2.45, 2.75) is 36.7 Å². The van der Waals surface area contributed by atoms with Crippen molar-refractivity contribution < 1.29 is 17.5 Å². The van der Waals surface area contributed by atoms with Crippen molar-refractivity contribution in [1.29, 1.82) is 0 Å². The minimum atomic E-state index is -3.49. The van der Waals surface area contributed by atoms with Crippen LogP contribution in [0.1, 0.15) is 25.8 Å². The maximum absolute atomic E-state index is 14.2. The van der Waals surface area contributed by atoms with Crippen LogP contribution in [0.15, 0.2) is 29.3 Å². The molecule has 1 unspecified atom stereocenters. The highest BCUT2D eigenvalue weighted by atomic mass is 32.2. The lowest BCUT2D eigenvalue weighted by atomic mass is 9.79. The van der Waals surface area contributed by atoms with Gasteiger partial charge in [0.05, 0.1) is 6.10 Å². The first-order chi connectivity index (χ1) is 10.1. The van der Waals surface area contributed by atoms with Crippen molar-refractivity contribution >= 4 is 15.7 Å². The van der Waals surface area contributed by atoms with Gasteiger partial charge in [0.15, 0.2) is 9.84 Å². The van der Waals surface area contributed by atoms with E-state index in [2.05, 4.69) is 4.99 Å². The number of methoxy groups -OCH3 is 1. The number of hydrogen-bond acceptors (Lipinski definition) is 5. The van der Waals surface area contributed by atoms with E-state index >= 15 is 0 Å². The van der Waals surface area contributed by atoms with Gasteiger partial charge in [0.2, 0.25) is 0 Å². The third-order valence-corrected chi connectivity index (χ3v) is 6.63. The summed E-state index contributed by atoms with van der Waals surface area (Å²) in [6.07, 6.45) is 0.618. The van der Waals surface area contributed by atoms with E-state index in [9.17, 15) is 12.8 Å². The molecule has 1 aromatic rings. The summed E-state index contributed by atoms with van der Waals surface area (Å²) in [7, 11) is -2.03. The lowest BCUT2D eigenvalue weighted by molar-refractivity contribution is 0.0245. The summed E-state index contributed by atoms with van der Waals surface area (Å²) in [5.74, 6) is -0.444. The van der Waals surface area contributed by atoms with Gasteiger partial charge in [-0.2, -0.15) is 0 Å². The van der Waals surface area contributed by atoms with Crippen LogP contribution in [0, 0.1) is 5.82 Å². The van der Waals surface area contributed by atoms with Crippen LogP contribution in [0.5, 0.6) is 0 Å². The molecule has 3 atom stereocenters. The molecule has 22 heavy (non-hydrogen) atoms. The predicted octanol–water partition coefficient (Wildman–Crippen LogP) is 1.62. The normalized spacial score (nSPS) is 32.6. The molecule has 0 amide bonds. The summed E-state index contributed by atoms with van der Waals surface area (Å²) in [5, 5.41) is 0. The van der Waals surface area contributed by atoms with Gasteiger partial charge in [0, 0.05) is 25.3 Å². The first kappa shape index (κ1) is 16.9. The van der Waals surface area contributed by atoms with Crippen LogP contribution in [0.2, 0.25) is 0 Å². The fourth-order valence-electron chi connectivity index (χ4n) is 2.86. The molecule has 2 N–H and O–H groups in total. The van der Waals surface area contributed by atoms with Crippen LogP contribution >= 0.6 is 0 Å². The molecule has 0 aliphatic carbocycles. The van der Waals surface area contributed by atoms with Gasteiger partial charge in [-0.3, -0.25) is 4.99 Å². The van der Waals surface area contributed by atoms with Crippen molar-refractivity contribution in [2.75, 3.05) is 13.4 Å². The molecular formula is C15H21FN2O3S. The van der Waals surface area contributed by atoms with Gasteiger partial charge in [-0.05, 0) is 19.9 Å². The van der Waals surface area contributed by atoms with Crippen molar-refractivity contribution in [2.24, 2.45) is 10.7 Å². The number of rotatable bonds is 3. The molecule has 0 radical (unpaired) electrons. The smallest absolute Gasteiger partial charge is 0.160 e. The van der Waals surface area contributed by atoms with Gasteiger partial charge in [-0.1, -0.05) is 18.2 Å². The second-order valence-electron chi connectivity index (χ2n) is 6.06. The van der Waals surface area contributed by atoms with Crippen molar-refractivity contribution in [1.82, 2.24) is 0 Å². The Morgan fingerprint density at radius 1 is 1.36 bits per heavy atom. The summed E-state index contributed by atoms with van der Waals surface area (Å²) in [6, 6.07) is 6.23. The van der Waals surface area contributed by atoms with E-state index in [1.54, 1.807) is 25.1 Å². The quantitative estimate of drug-likeness (QED) is 0.914. The third-order valence-electron chi connectivity index (χ3n) is 4.62. The second-order valence-corrected chi connectivity index (χ2v) is 8.50. The third kappa shape index (κ3) is 2.42. The zero-order valence-corrected chi connectivity index (χ0v) is 13.9. The number of nitrogens with zero attached hydrogens (tertiary/aromatic N) is 1. The van der Waals surface area contributed by atoms with Crippen molar-refractivity contribution in [3.8, 4) is 0 Å². The van der Waals surface area contributed by atoms with Gasteiger partial charge >= 0.3 is 0 Å². The molecule has 0 fully saturated rings. The van der Waals surface area contributed by atoms with Crippen LogP contribution in [0.25, 0.3) is 0 Å². The molecule has 0 spiro atoms. The Hall–Kier alpha value is -1.47. The number of aliphatic imine (C=N–C) groups is 1. The van der Waals surface area contributed by atoms with Crippen LogP contribution in [-0.2, 0) is 20.1 Å². The minimum Gasteiger partial charge on any atom is -0.386 e. The van der Waals surface area contributed by atoms with E-state index in [1.165, 1.54) is 20.1 Å². The van der Waals surface area contributed by atoms with Crippen molar-refractivity contribution in [3.63, 3.8) is 0 Å². The highest BCUT2D eigenvalue weighted by Gasteiger charge is 2.52. The number of ether oxygens (including phenoxy) is 1. The molecular weight excluding hydrogens is 307 g/mol. The highest BCUT2D eigenvalue weighted by Crippen LogP contribution is 2.42. The molecule has 0 saturated heterocycles. The molecule has 1 aliphatic heterocycles. The molecule has 0 saturated carbocycles. The Labute approximate surface area is 130 Å². The van der Waals surface area contributed by atoms with Gasteiger partial charge < -0.3 is 10.5 Å². The summed E-state index contributed by atoms with van der Waals surface area (Å²) in [5.41, 5.74) is 5.23. The number of sulfone groups is 1. The van der Waals surface area contributed by atoms with E-state index in [-0.39, 0.29) is 12.3 Å². The number of halogens is 1. The first-order valence-corrected chi connectivity index (χ1v) is 8.78. The van der Waals surface area contributed by atoms with Gasteiger partial charge in [0.1, 0.15) is 21.9 Å². The molecule has 1 aromatic carbocycles. The van der Waals surface area contributed by atoms with Crippen LogP contribution < -0.4 is 5.73 Å². The van der Waals surface area contributed by atoms with Crippen LogP contribution in [0.3, 0.4) is 0 Å². The number of benzene rings is 1. The van der Waals surface area contributed by atoms with E-state index < -0.39 is 32.0 Å². The average molecular weight is 328 g/mol. The van der Waals surface area contributed by atoms with Crippen LogP contribution in [-0.4, -0.2) is 38.5 Å². The molecule has 1 aliphatic rings. The fourth-order valence-corrected chi connectivity index (χ4v) is 3.74. The highest BCUT2D eigenvalue weighted by molar-refractivity contribution is 7.92. The molecule has 5 nitrogen and oxygen atoms in total. The van der Waals surface area contributed by atoms with E-state index in [0.29, 0.717) is 5.56 Å². The zero-order valence-electron chi connectivity index (χ0n) is 13.1. The first-order valence-electron chi connectivity index (χ1n) is 6.89. The van der Waals surface area contributed by atoms with Crippen LogP contribution in [0.4, 0.5) is 4.39 Å². The second kappa shape index (κ2) is 5.31. The standard InChI is InChI=1S/C15H21FN2O3S/c1-14(22(4,19)20)9-12(21-3)15(2,18-13(14)17)10-7-5-6-8-11(10)16/h5-8,12H,9H2,1-4H3,(H2,17,18)/t12-,14?,15-/m1/s1. The lowest BCUT2D eigenvalue weighted by Crippen LogP contribution is -2.58. The molecule has 0 bridgehead atoms. The Balaban J connectivity index is 2.67. The van der Waals surface area contributed by atoms with E-state index in [1.807, 2.05) is 0 Å². The molecule has 0 aromatic heterocycles. The number of amidine groups is 1. The molecule has 1 heterocycles. The van der Waals surface area contributed by atoms with Crippen molar-refractivity contribution in [3.05, 3.63) is 35.6 Å². The van der Waals surface area contributed by atoms with E-state index in [4.69, 9.17) is 10.5 Å². The average Bonchev–Trinajstić information content (AvgIpc) is 2.42. The molecule has 7 heteroatoms. The maximum Gasteiger partial charge on any atom is 0.160 e. The number of nitrogens with two attached hydrogens (primary N) is 1. The topological polar surface area (TPSA) is 81.8 Å². The Kier molecular flexibility index (Phi) is 4.08. The Morgan fingerprint density at radius 2 is 1.95 bits per heavy atom. The zero-order chi connectivity index (χ0) is 16.8. The Bertz CT molecular complexity index is 719. The summed E-state index contributed by atoms with van der Waals surface area (Å²) in [6.45, 7) is 3.22. The minimum absolute atomic E-state index is 0.0194. The largest absolute Gasteiger partial charge is 0.386 e.